The third-order valence-corrected chi connectivity index (χ3v) is 3.94. The maximum atomic E-state index is 11.3. The molecule has 21 heavy (non-hydrogen) atoms. The number of carbonyl (C=O) groups excluding carboxylic acids is 1. The van der Waals surface area contributed by atoms with Crippen LogP contribution in [-0.2, 0) is 21.5 Å². The molecule has 0 aliphatic heterocycles. The number of aryl methyl sites for hydroxylation is 1. The molecule has 2 rings (SSSR count). The molecule has 0 saturated heterocycles. The van der Waals surface area contributed by atoms with E-state index in [9.17, 15) is 17.8 Å². The lowest BCUT2D eigenvalue weighted by Gasteiger charge is -2.11. The van der Waals surface area contributed by atoms with Crippen molar-refractivity contribution in [1.29, 1.82) is 0 Å². The Morgan fingerprint density at radius 3 is 2.57 bits per heavy atom. The lowest BCUT2D eigenvalue weighted by Crippen LogP contribution is -2.39. The minimum atomic E-state index is -4.51. The number of rotatable bonds is 4. The van der Waals surface area contributed by atoms with Crippen LogP contribution >= 0.6 is 0 Å². The van der Waals surface area contributed by atoms with Gasteiger partial charge in [-0.15, -0.1) is 0 Å². The zero-order chi connectivity index (χ0) is 15.6. The smallest absolute Gasteiger partial charge is 0.213 e. The van der Waals surface area contributed by atoms with Gasteiger partial charge in [0, 0.05) is 19.1 Å². The van der Waals surface area contributed by atoms with Crippen molar-refractivity contribution < 1.29 is 22.3 Å². The second kappa shape index (κ2) is 5.75. The Morgan fingerprint density at radius 2 is 1.95 bits per heavy atom. The number of benzene rings is 1. The maximum Gasteiger partial charge on any atom is 0.213 e. The van der Waals surface area contributed by atoms with Gasteiger partial charge < -0.3 is 4.55 Å². The van der Waals surface area contributed by atoms with Crippen molar-refractivity contribution in [3.05, 3.63) is 48.2 Å². The van der Waals surface area contributed by atoms with Crippen LogP contribution in [0.15, 0.2) is 47.5 Å². The second-order valence-electron chi connectivity index (χ2n) is 4.85. The molecule has 0 atom stereocenters. The largest absolute Gasteiger partial charge is 0.744 e. The number of hydrogen-bond donors (Lipinski definition) is 0. The summed E-state index contributed by atoms with van der Waals surface area (Å²) in [5, 5.41) is 0. The highest BCUT2D eigenvalue weighted by atomic mass is 32.2. The fourth-order valence-corrected chi connectivity index (χ4v) is 2.63. The quantitative estimate of drug-likeness (QED) is 0.632. The molecule has 0 N–H and O–H groups in total. The fraction of sp³-hybridized carbons (Fsp3) is 0.200. The van der Waals surface area contributed by atoms with E-state index in [4.69, 9.17) is 0 Å². The van der Waals surface area contributed by atoms with Gasteiger partial charge in [0.1, 0.15) is 10.1 Å². The van der Waals surface area contributed by atoms with Crippen molar-refractivity contribution in [2.24, 2.45) is 0 Å². The van der Waals surface area contributed by atoms with Gasteiger partial charge in [0.2, 0.25) is 12.2 Å². The van der Waals surface area contributed by atoms with Crippen LogP contribution in [0.4, 0.5) is 0 Å². The van der Waals surface area contributed by atoms with Gasteiger partial charge in [-0.3, -0.25) is 4.79 Å². The van der Waals surface area contributed by atoms with Gasteiger partial charge in [-0.05, 0) is 30.7 Å². The molecule has 0 radical (unpaired) electrons. The molecule has 0 saturated carbocycles. The lowest BCUT2D eigenvalue weighted by atomic mass is 10.0. The van der Waals surface area contributed by atoms with E-state index in [1.807, 2.05) is 6.92 Å². The summed E-state index contributed by atoms with van der Waals surface area (Å²) in [6, 6.07) is 9.60. The van der Waals surface area contributed by atoms with Crippen LogP contribution in [-0.4, -0.2) is 18.8 Å². The molecular formula is C15H15NO4S. The SMILES string of the molecule is CC(=O)C[n+]1ccccc1-c1cc(S(=O)(=O)[O-])ccc1C. The average molecular weight is 305 g/mol. The number of ketones is 1. The van der Waals surface area contributed by atoms with Gasteiger partial charge >= 0.3 is 0 Å². The van der Waals surface area contributed by atoms with E-state index >= 15 is 0 Å². The van der Waals surface area contributed by atoms with Crippen LogP contribution in [0.25, 0.3) is 11.3 Å². The van der Waals surface area contributed by atoms with E-state index in [2.05, 4.69) is 0 Å². The predicted molar refractivity (Wildman–Crippen MR) is 75.5 cm³/mol. The minimum Gasteiger partial charge on any atom is -0.744 e. The zero-order valence-corrected chi connectivity index (χ0v) is 12.6. The Labute approximate surface area is 123 Å². The van der Waals surface area contributed by atoms with Gasteiger partial charge in [-0.2, -0.15) is 4.57 Å². The summed E-state index contributed by atoms with van der Waals surface area (Å²) in [5.74, 6) is -0.0160. The first-order chi connectivity index (χ1) is 9.79. The molecule has 2 aromatic rings. The molecule has 0 spiro atoms. The molecule has 0 fully saturated rings. The average Bonchev–Trinajstić information content (AvgIpc) is 2.38. The van der Waals surface area contributed by atoms with Crippen molar-refractivity contribution in [3.63, 3.8) is 0 Å². The van der Waals surface area contributed by atoms with E-state index in [-0.39, 0.29) is 17.2 Å². The molecule has 110 valence electrons. The maximum absolute atomic E-state index is 11.3. The number of pyridine rings is 1. The molecular weight excluding hydrogens is 290 g/mol. The van der Waals surface area contributed by atoms with Crippen LogP contribution in [0.3, 0.4) is 0 Å². The van der Waals surface area contributed by atoms with Crippen LogP contribution in [0.5, 0.6) is 0 Å². The third kappa shape index (κ3) is 3.53. The first-order valence-electron chi connectivity index (χ1n) is 6.34. The summed E-state index contributed by atoms with van der Waals surface area (Å²) in [6.45, 7) is 3.49. The molecule has 0 aliphatic rings. The minimum absolute atomic E-state index is 0.0160. The van der Waals surface area contributed by atoms with E-state index in [0.717, 1.165) is 5.56 Å². The Bertz CT molecular complexity index is 797. The van der Waals surface area contributed by atoms with Crippen molar-refractivity contribution >= 4 is 15.9 Å². The van der Waals surface area contributed by atoms with E-state index in [1.54, 1.807) is 35.0 Å². The molecule has 0 aliphatic carbocycles. The van der Waals surface area contributed by atoms with Crippen LogP contribution in [0.1, 0.15) is 12.5 Å². The fourth-order valence-electron chi connectivity index (χ4n) is 2.13. The van der Waals surface area contributed by atoms with Crippen molar-refractivity contribution in [2.75, 3.05) is 0 Å². The highest BCUT2D eigenvalue weighted by Gasteiger charge is 2.17. The van der Waals surface area contributed by atoms with Gasteiger partial charge in [0.15, 0.2) is 12.0 Å². The normalized spacial score (nSPS) is 11.4. The molecule has 6 heteroatoms. The van der Waals surface area contributed by atoms with Crippen molar-refractivity contribution in [3.8, 4) is 11.3 Å². The second-order valence-corrected chi connectivity index (χ2v) is 6.23. The molecule has 0 bridgehead atoms. The summed E-state index contributed by atoms with van der Waals surface area (Å²) >= 11 is 0. The Balaban J connectivity index is 2.64. The standard InChI is InChI=1S/C15H15NO4S/c1-11-6-7-13(21(18,19)20)9-14(11)15-5-3-4-8-16(15)10-12(2)17/h3-9H,10H2,1-2H3. The summed E-state index contributed by atoms with van der Waals surface area (Å²) < 4.78 is 35.2. The Morgan fingerprint density at radius 1 is 1.24 bits per heavy atom. The lowest BCUT2D eigenvalue weighted by molar-refractivity contribution is -0.673. The van der Waals surface area contributed by atoms with E-state index in [1.165, 1.54) is 19.1 Å². The van der Waals surface area contributed by atoms with E-state index < -0.39 is 10.1 Å². The number of nitrogens with zero attached hydrogens (tertiary/aromatic N) is 1. The number of aromatic nitrogens is 1. The molecule has 1 aromatic heterocycles. The topological polar surface area (TPSA) is 78.1 Å². The summed E-state index contributed by atoms with van der Waals surface area (Å²) in [7, 11) is -4.51. The van der Waals surface area contributed by atoms with Gasteiger partial charge in [0.05, 0.1) is 10.5 Å². The zero-order valence-electron chi connectivity index (χ0n) is 11.7. The van der Waals surface area contributed by atoms with E-state index in [0.29, 0.717) is 11.3 Å². The monoisotopic (exact) mass is 305 g/mol. The van der Waals surface area contributed by atoms with Crippen molar-refractivity contribution in [2.45, 2.75) is 25.3 Å². The first kappa shape index (κ1) is 15.3. The molecule has 1 aromatic carbocycles. The van der Waals surface area contributed by atoms with Crippen molar-refractivity contribution in [1.82, 2.24) is 0 Å². The number of hydrogen-bond acceptors (Lipinski definition) is 4. The number of Topliss-reactive ketones (excluding diaryl/α,β-unsaturated/α-hetero) is 1. The summed E-state index contributed by atoms with van der Waals surface area (Å²) in [4.78, 5) is 11.1. The van der Waals surface area contributed by atoms with Crippen LogP contribution in [0.2, 0.25) is 0 Å². The Kier molecular flexibility index (Phi) is 4.20. The highest BCUT2D eigenvalue weighted by molar-refractivity contribution is 7.85. The molecule has 0 unspecified atom stereocenters. The number of carbonyl (C=O) groups is 1. The summed E-state index contributed by atoms with van der Waals surface area (Å²) in [5.41, 5.74) is 2.13. The Hall–Kier alpha value is -2.05. The molecule has 1 heterocycles. The van der Waals surface area contributed by atoms with Gasteiger partial charge in [0.25, 0.3) is 0 Å². The van der Waals surface area contributed by atoms with Gasteiger partial charge in [-0.1, -0.05) is 6.07 Å². The van der Waals surface area contributed by atoms with Crippen LogP contribution in [0, 0.1) is 6.92 Å². The molecule has 0 amide bonds. The highest BCUT2D eigenvalue weighted by Crippen LogP contribution is 2.23. The van der Waals surface area contributed by atoms with Crippen LogP contribution < -0.4 is 4.57 Å². The predicted octanol–water partition coefficient (Wildman–Crippen LogP) is 1.44. The third-order valence-electron chi connectivity index (χ3n) is 3.11. The molecule has 5 nitrogen and oxygen atoms in total. The first-order valence-corrected chi connectivity index (χ1v) is 7.74. The summed E-state index contributed by atoms with van der Waals surface area (Å²) in [6.07, 6.45) is 1.74. The van der Waals surface area contributed by atoms with Gasteiger partial charge in [-0.25, -0.2) is 8.42 Å².